The number of hydrogen-bond acceptors (Lipinski definition) is 4. The van der Waals surface area contributed by atoms with E-state index in [2.05, 4.69) is 49.8 Å². The molecule has 136 valence electrons. The molecule has 0 aliphatic carbocycles. The number of hydrogen-bond donors (Lipinski definition) is 2. The molecule has 2 heterocycles. The predicted octanol–water partition coefficient (Wildman–Crippen LogP) is 2.75. The number of aromatic nitrogens is 4. The Labute approximate surface area is 165 Å². The van der Waals surface area contributed by atoms with Gasteiger partial charge in [0.25, 0.3) is 0 Å². The van der Waals surface area contributed by atoms with E-state index in [9.17, 15) is 10.2 Å². The summed E-state index contributed by atoms with van der Waals surface area (Å²) in [7, 11) is 2.01. The molecule has 0 atom stereocenters. The van der Waals surface area contributed by atoms with Crippen molar-refractivity contribution >= 4 is 32.4 Å². The Morgan fingerprint density at radius 1 is 1.00 bits per heavy atom. The topological polar surface area (TPSA) is 76.1 Å². The van der Waals surface area contributed by atoms with Crippen LogP contribution >= 0.6 is 0 Å². The van der Waals surface area contributed by atoms with E-state index < -0.39 is 0 Å². The SMILES string of the molecule is CC(C)c1cc(-c2nnc([As])n2-c2ccc3c(ccn3C)c2)c(O)cc1O. The van der Waals surface area contributed by atoms with Crippen LogP contribution in [0.1, 0.15) is 25.3 Å². The van der Waals surface area contributed by atoms with Gasteiger partial charge in [0.1, 0.15) is 0 Å². The first-order valence-corrected chi connectivity index (χ1v) is 9.56. The van der Waals surface area contributed by atoms with E-state index in [1.165, 1.54) is 6.07 Å². The zero-order valence-corrected chi connectivity index (χ0v) is 17.1. The molecule has 4 rings (SSSR count). The molecule has 4 aromatic rings. The zero-order chi connectivity index (χ0) is 19.3. The molecule has 0 fully saturated rings. The molecule has 0 aliphatic heterocycles. The van der Waals surface area contributed by atoms with E-state index in [4.69, 9.17) is 0 Å². The van der Waals surface area contributed by atoms with Crippen LogP contribution in [0.15, 0.2) is 42.6 Å². The molecule has 0 saturated heterocycles. The number of aromatic hydroxyl groups is 2. The van der Waals surface area contributed by atoms with E-state index in [0.29, 0.717) is 16.0 Å². The summed E-state index contributed by atoms with van der Waals surface area (Å²) in [6, 6.07) is 11.3. The summed E-state index contributed by atoms with van der Waals surface area (Å²) in [5.74, 6) is 0.688. The summed E-state index contributed by atoms with van der Waals surface area (Å²) in [4.78, 5) is 0. The van der Waals surface area contributed by atoms with E-state index in [1.807, 2.05) is 37.7 Å². The molecule has 27 heavy (non-hydrogen) atoms. The van der Waals surface area contributed by atoms with Crippen molar-refractivity contribution in [3.8, 4) is 28.6 Å². The molecule has 0 bridgehead atoms. The minimum absolute atomic E-state index is 0.0289. The molecule has 0 saturated carbocycles. The van der Waals surface area contributed by atoms with Crippen LogP contribution in [0.25, 0.3) is 28.0 Å². The fourth-order valence-electron chi connectivity index (χ4n) is 3.33. The standard InChI is InChI=1S/C20H19AsN4O2/c1-11(2)14-9-15(18(27)10-17(14)26)19-22-23-20(21)25(19)13-4-5-16-12(8-13)6-7-24(16)3/h4-11,26-27H,1-3H3. The van der Waals surface area contributed by atoms with Gasteiger partial charge in [-0.05, 0) is 0 Å². The number of phenolic OH excluding ortho intramolecular Hbond substituents is 2. The third kappa shape index (κ3) is 2.90. The molecule has 0 unspecified atom stereocenters. The van der Waals surface area contributed by atoms with Crippen molar-refractivity contribution in [1.29, 1.82) is 0 Å². The maximum atomic E-state index is 10.5. The Morgan fingerprint density at radius 3 is 2.52 bits per heavy atom. The van der Waals surface area contributed by atoms with Crippen molar-refractivity contribution < 1.29 is 10.2 Å². The van der Waals surface area contributed by atoms with E-state index in [0.717, 1.165) is 22.2 Å². The van der Waals surface area contributed by atoms with Crippen LogP contribution in [0, 0.1) is 0 Å². The van der Waals surface area contributed by atoms with E-state index >= 15 is 0 Å². The van der Waals surface area contributed by atoms with Crippen molar-refractivity contribution in [3.05, 3.63) is 48.2 Å². The minimum atomic E-state index is -0.0289. The van der Waals surface area contributed by atoms with Gasteiger partial charge in [-0.25, -0.2) is 0 Å². The predicted molar refractivity (Wildman–Crippen MR) is 106 cm³/mol. The van der Waals surface area contributed by atoms with Gasteiger partial charge in [0, 0.05) is 0 Å². The molecule has 6 nitrogen and oxygen atoms in total. The Bertz CT molecular complexity index is 1160. The Morgan fingerprint density at radius 2 is 1.78 bits per heavy atom. The molecule has 2 N–H and O–H groups in total. The second kappa shape index (κ2) is 6.46. The van der Waals surface area contributed by atoms with Crippen molar-refractivity contribution in [2.45, 2.75) is 19.8 Å². The van der Waals surface area contributed by atoms with E-state index in [1.54, 1.807) is 6.07 Å². The molecule has 0 spiro atoms. The Kier molecular flexibility index (Phi) is 4.23. The zero-order valence-electron chi connectivity index (χ0n) is 15.2. The van der Waals surface area contributed by atoms with Crippen LogP contribution < -0.4 is 4.61 Å². The van der Waals surface area contributed by atoms with Crippen LogP contribution in [0.2, 0.25) is 0 Å². The van der Waals surface area contributed by atoms with Gasteiger partial charge in [-0.1, -0.05) is 0 Å². The molecule has 2 aromatic carbocycles. The molecule has 0 aliphatic rings. The second-order valence-electron chi connectivity index (χ2n) is 6.91. The quantitative estimate of drug-likeness (QED) is 0.498. The third-order valence-corrected chi connectivity index (χ3v) is 5.39. The molecular formula is C20H19AsN4O2. The number of rotatable bonds is 3. The van der Waals surface area contributed by atoms with Gasteiger partial charge in [0.05, 0.1) is 0 Å². The van der Waals surface area contributed by atoms with Crippen molar-refractivity contribution in [2.24, 2.45) is 7.05 Å². The first kappa shape index (κ1) is 17.7. The summed E-state index contributed by atoms with van der Waals surface area (Å²) in [5.41, 5.74) is 3.33. The van der Waals surface area contributed by atoms with Crippen LogP contribution in [0.4, 0.5) is 0 Å². The number of nitrogens with zero attached hydrogens (tertiary/aromatic N) is 4. The van der Waals surface area contributed by atoms with Gasteiger partial charge in [-0.2, -0.15) is 0 Å². The fourth-order valence-corrected chi connectivity index (χ4v) is 3.87. The van der Waals surface area contributed by atoms with Gasteiger partial charge in [-0.3, -0.25) is 0 Å². The molecule has 2 aromatic heterocycles. The molecule has 0 amide bonds. The average Bonchev–Trinajstić information content (AvgIpc) is 3.17. The first-order chi connectivity index (χ1) is 12.9. The summed E-state index contributed by atoms with van der Waals surface area (Å²) >= 11 is 2.41. The summed E-state index contributed by atoms with van der Waals surface area (Å²) in [6.45, 7) is 3.98. The Hall–Kier alpha value is -2.72. The molecule has 7 heteroatoms. The van der Waals surface area contributed by atoms with Crippen molar-refractivity contribution in [2.75, 3.05) is 0 Å². The average molecular weight is 422 g/mol. The van der Waals surface area contributed by atoms with Crippen molar-refractivity contribution in [3.63, 3.8) is 0 Å². The Balaban J connectivity index is 1.93. The summed E-state index contributed by atoms with van der Waals surface area (Å²) in [5, 5.41) is 30.2. The summed E-state index contributed by atoms with van der Waals surface area (Å²) < 4.78 is 4.62. The molecule has 2 radical (unpaired) electrons. The van der Waals surface area contributed by atoms with Gasteiger partial charge >= 0.3 is 165 Å². The van der Waals surface area contributed by atoms with Crippen LogP contribution in [-0.4, -0.2) is 46.4 Å². The normalized spacial score (nSPS) is 11.6. The fraction of sp³-hybridized carbons (Fsp3) is 0.200. The van der Waals surface area contributed by atoms with Crippen LogP contribution in [-0.2, 0) is 7.05 Å². The monoisotopic (exact) mass is 422 g/mol. The van der Waals surface area contributed by atoms with Crippen LogP contribution in [0.5, 0.6) is 11.5 Å². The summed E-state index contributed by atoms with van der Waals surface area (Å²) in [6.07, 6.45) is 2.02. The third-order valence-electron chi connectivity index (χ3n) is 4.78. The molecular weight excluding hydrogens is 403 g/mol. The number of phenols is 2. The number of fused-ring (bicyclic) bond motifs is 1. The van der Waals surface area contributed by atoms with Gasteiger partial charge in [0.2, 0.25) is 0 Å². The second-order valence-corrected chi connectivity index (χ2v) is 7.75. The maximum absolute atomic E-state index is 10.5. The first-order valence-electron chi connectivity index (χ1n) is 8.63. The van der Waals surface area contributed by atoms with E-state index in [-0.39, 0.29) is 17.4 Å². The van der Waals surface area contributed by atoms with Crippen molar-refractivity contribution in [1.82, 2.24) is 19.3 Å². The van der Waals surface area contributed by atoms with Gasteiger partial charge in [0.15, 0.2) is 0 Å². The van der Waals surface area contributed by atoms with Gasteiger partial charge in [-0.15, -0.1) is 0 Å². The van der Waals surface area contributed by atoms with Crippen LogP contribution in [0.3, 0.4) is 0 Å². The number of aryl methyl sites for hydroxylation is 1. The number of benzene rings is 2. The van der Waals surface area contributed by atoms with Gasteiger partial charge < -0.3 is 0 Å².